The summed E-state index contributed by atoms with van der Waals surface area (Å²) in [6, 6.07) is 14.9. The van der Waals surface area contributed by atoms with Crippen LogP contribution in [0.4, 0.5) is 5.69 Å². The summed E-state index contributed by atoms with van der Waals surface area (Å²) in [6.45, 7) is 2.96. The Morgan fingerprint density at radius 1 is 1.19 bits per heavy atom. The van der Waals surface area contributed by atoms with Crippen LogP contribution in [-0.4, -0.2) is 31.0 Å². The third-order valence-electron chi connectivity index (χ3n) is 3.22. The zero-order valence-corrected chi connectivity index (χ0v) is 12.4. The van der Waals surface area contributed by atoms with E-state index in [1.54, 1.807) is 30.1 Å². The van der Waals surface area contributed by atoms with Gasteiger partial charge in [-0.05, 0) is 36.8 Å². The zero-order chi connectivity index (χ0) is 15.2. The van der Waals surface area contributed by atoms with Crippen LogP contribution in [0, 0.1) is 6.92 Å². The van der Waals surface area contributed by atoms with Crippen LogP contribution in [0.2, 0.25) is 0 Å². The number of nitrogens with zero attached hydrogens (tertiary/aromatic N) is 1. The topological polar surface area (TPSA) is 55.6 Å². The predicted molar refractivity (Wildman–Crippen MR) is 84.5 cm³/mol. The molecule has 21 heavy (non-hydrogen) atoms. The van der Waals surface area contributed by atoms with E-state index in [9.17, 15) is 4.79 Å². The van der Waals surface area contributed by atoms with Crippen molar-refractivity contribution in [1.82, 2.24) is 4.90 Å². The van der Waals surface area contributed by atoms with Crippen molar-refractivity contribution in [1.29, 1.82) is 0 Å². The van der Waals surface area contributed by atoms with Crippen LogP contribution in [0.25, 0.3) is 0 Å². The molecule has 4 heteroatoms. The molecule has 0 spiro atoms. The Labute approximate surface area is 125 Å². The smallest absolute Gasteiger partial charge is 0.255 e. The first kappa shape index (κ1) is 14.9. The highest BCUT2D eigenvalue weighted by atomic mass is 16.5. The SMILES string of the molecule is Cc1cccc(OCCN(C)C(=O)c2ccccc2N)c1. The zero-order valence-electron chi connectivity index (χ0n) is 12.4. The van der Waals surface area contributed by atoms with E-state index in [2.05, 4.69) is 0 Å². The van der Waals surface area contributed by atoms with Gasteiger partial charge in [0.05, 0.1) is 12.1 Å². The summed E-state index contributed by atoms with van der Waals surface area (Å²) >= 11 is 0. The van der Waals surface area contributed by atoms with Crippen molar-refractivity contribution in [3.8, 4) is 5.75 Å². The molecule has 4 nitrogen and oxygen atoms in total. The van der Waals surface area contributed by atoms with E-state index in [4.69, 9.17) is 10.5 Å². The number of aryl methyl sites for hydroxylation is 1. The summed E-state index contributed by atoms with van der Waals surface area (Å²) < 4.78 is 5.65. The van der Waals surface area contributed by atoms with Gasteiger partial charge in [0.25, 0.3) is 5.91 Å². The van der Waals surface area contributed by atoms with E-state index < -0.39 is 0 Å². The van der Waals surface area contributed by atoms with E-state index >= 15 is 0 Å². The molecule has 0 aliphatic heterocycles. The Bertz CT molecular complexity index is 626. The number of benzene rings is 2. The first-order valence-corrected chi connectivity index (χ1v) is 6.87. The number of likely N-dealkylation sites (N-methyl/N-ethyl adjacent to an activating group) is 1. The van der Waals surface area contributed by atoms with E-state index in [0.717, 1.165) is 11.3 Å². The molecule has 0 saturated carbocycles. The summed E-state index contributed by atoms with van der Waals surface area (Å²) in [6.07, 6.45) is 0. The van der Waals surface area contributed by atoms with E-state index in [0.29, 0.717) is 24.4 Å². The molecular formula is C17H20N2O2. The molecule has 0 aliphatic rings. The van der Waals surface area contributed by atoms with Crippen LogP contribution >= 0.6 is 0 Å². The van der Waals surface area contributed by atoms with Gasteiger partial charge >= 0.3 is 0 Å². The maximum Gasteiger partial charge on any atom is 0.255 e. The molecule has 2 aromatic rings. The van der Waals surface area contributed by atoms with Crippen molar-refractivity contribution in [2.45, 2.75) is 6.92 Å². The van der Waals surface area contributed by atoms with Crippen LogP contribution in [0.3, 0.4) is 0 Å². The van der Waals surface area contributed by atoms with Gasteiger partial charge in [0.2, 0.25) is 0 Å². The average Bonchev–Trinajstić information content (AvgIpc) is 2.47. The lowest BCUT2D eigenvalue weighted by Gasteiger charge is -2.18. The Morgan fingerprint density at radius 3 is 2.67 bits per heavy atom. The van der Waals surface area contributed by atoms with Crippen LogP contribution in [0.1, 0.15) is 15.9 Å². The molecular weight excluding hydrogens is 264 g/mol. The molecule has 0 saturated heterocycles. The molecule has 0 atom stereocenters. The lowest BCUT2D eigenvalue weighted by molar-refractivity contribution is 0.0775. The number of ether oxygens (including phenoxy) is 1. The fraction of sp³-hybridized carbons (Fsp3) is 0.235. The third kappa shape index (κ3) is 3.99. The number of nitrogen functional groups attached to an aromatic ring is 1. The molecule has 0 aromatic heterocycles. The minimum absolute atomic E-state index is 0.0963. The summed E-state index contributed by atoms with van der Waals surface area (Å²) in [5.41, 5.74) is 7.98. The molecule has 110 valence electrons. The summed E-state index contributed by atoms with van der Waals surface area (Å²) in [5.74, 6) is 0.719. The monoisotopic (exact) mass is 284 g/mol. The number of amides is 1. The predicted octanol–water partition coefficient (Wildman–Crippen LogP) is 2.73. The van der Waals surface area contributed by atoms with Gasteiger partial charge < -0.3 is 15.4 Å². The van der Waals surface area contributed by atoms with E-state index in [-0.39, 0.29) is 5.91 Å². The molecule has 0 fully saturated rings. The number of carbonyl (C=O) groups excluding carboxylic acids is 1. The second-order valence-electron chi connectivity index (χ2n) is 4.98. The van der Waals surface area contributed by atoms with Crippen molar-refractivity contribution in [3.05, 3.63) is 59.7 Å². The summed E-state index contributed by atoms with van der Waals surface area (Å²) in [5, 5.41) is 0. The van der Waals surface area contributed by atoms with Gasteiger partial charge in [-0.1, -0.05) is 24.3 Å². The van der Waals surface area contributed by atoms with Crippen molar-refractivity contribution in [3.63, 3.8) is 0 Å². The molecule has 2 rings (SSSR count). The molecule has 0 unspecified atom stereocenters. The minimum Gasteiger partial charge on any atom is -0.492 e. The number of carbonyl (C=O) groups is 1. The number of hydrogen-bond acceptors (Lipinski definition) is 3. The molecule has 1 amide bonds. The Kier molecular flexibility index (Phi) is 4.82. The Morgan fingerprint density at radius 2 is 1.95 bits per heavy atom. The van der Waals surface area contributed by atoms with Crippen LogP contribution in [0.15, 0.2) is 48.5 Å². The van der Waals surface area contributed by atoms with Crippen molar-refractivity contribution in [2.75, 3.05) is 25.9 Å². The largest absolute Gasteiger partial charge is 0.492 e. The maximum atomic E-state index is 12.3. The number of hydrogen-bond donors (Lipinski definition) is 1. The third-order valence-corrected chi connectivity index (χ3v) is 3.22. The summed E-state index contributed by atoms with van der Waals surface area (Å²) in [7, 11) is 1.74. The molecule has 2 N–H and O–H groups in total. The molecule has 2 aromatic carbocycles. The highest BCUT2D eigenvalue weighted by molar-refractivity contribution is 5.98. The fourth-order valence-corrected chi connectivity index (χ4v) is 2.00. The minimum atomic E-state index is -0.0963. The van der Waals surface area contributed by atoms with Gasteiger partial charge in [-0.3, -0.25) is 4.79 Å². The van der Waals surface area contributed by atoms with Gasteiger partial charge in [-0.2, -0.15) is 0 Å². The first-order valence-electron chi connectivity index (χ1n) is 6.87. The van der Waals surface area contributed by atoms with Gasteiger partial charge in [-0.15, -0.1) is 0 Å². The van der Waals surface area contributed by atoms with Gasteiger partial charge in [0.15, 0.2) is 0 Å². The normalized spacial score (nSPS) is 10.2. The lowest BCUT2D eigenvalue weighted by Crippen LogP contribution is -2.31. The quantitative estimate of drug-likeness (QED) is 0.859. The van der Waals surface area contributed by atoms with Crippen LogP contribution in [-0.2, 0) is 0 Å². The second kappa shape index (κ2) is 6.79. The van der Waals surface area contributed by atoms with Crippen molar-refractivity contribution >= 4 is 11.6 Å². The average molecular weight is 284 g/mol. The van der Waals surface area contributed by atoms with E-state index in [1.165, 1.54) is 0 Å². The van der Waals surface area contributed by atoms with Crippen LogP contribution < -0.4 is 10.5 Å². The lowest BCUT2D eigenvalue weighted by atomic mass is 10.1. The molecule has 0 heterocycles. The number of rotatable bonds is 5. The van der Waals surface area contributed by atoms with Crippen molar-refractivity contribution < 1.29 is 9.53 Å². The highest BCUT2D eigenvalue weighted by Crippen LogP contribution is 2.14. The van der Waals surface area contributed by atoms with E-state index in [1.807, 2.05) is 37.3 Å². The van der Waals surface area contributed by atoms with Gasteiger partial charge in [-0.25, -0.2) is 0 Å². The Balaban J connectivity index is 1.89. The fourth-order valence-electron chi connectivity index (χ4n) is 2.00. The molecule has 0 radical (unpaired) electrons. The molecule has 0 bridgehead atoms. The first-order chi connectivity index (χ1) is 10.1. The standard InChI is InChI=1S/C17H20N2O2/c1-13-6-5-7-14(12-13)21-11-10-19(2)17(20)15-8-3-4-9-16(15)18/h3-9,12H,10-11,18H2,1-2H3. The molecule has 0 aliphatic carbocycles. The maximum absolute atomic E-state index is 12.3. The van der Waals surface area contributed by atoms with Crippen LogP contribution in [0.5, 0.6) is 5.75 Å². The Hall–Kier alpha value is -2.49. The summed E-state index contributed by atoms with van der Waals surface area (Å²) in [4.78, 5) is 13.9. The van der Waals surface area contributed by atoms with Gasteiger partial charge in [0.1, 0.15) is 12.4 Å². The van der Waals surface area contributed by atoms with Gasteiger partial charge in [0, 0.05) is 12.7 Å². The highest BCUT2D eigenvalue weighted by Gasteiger charge is 2.13. The number of nitrogens with two attached hydrogens (primary N) is 1. The number of para-hydroxylation sites is 1. The second-order valence-corrected chi connectivity index (χ2v) is 4.98. The van der Waals surface area contributed by atoms with Crippen molar-refractivity contribution in [2.24, 2.45) is 0 Å². The number of anilines is 1.